The molecule has 1 nitrogen and oxygen atoms in total. The third kappa shape index (κ3) is 5.11. The van der Waals surface area contributed by atoms with Crippen molar-refractivity contribution < 1.29 is 4.74 Å². The summed E-state index contributed by atoms with van der Waals surface area (Å²) in [5.41, 5.74) is 7.30. The molecule has 0 spiro atoms. The summed E-state index contributed by atoms with van der Waals surface area (Å²) in [6, 6.07) is 60.6. The van der Waals surface area contributed by atoms with Crippen molar-refractivity contribution in [1.82, 2.24) is 0 Å². The maximum absolute atomic E-state index is 8.23. The van der Waals surface area contributed by atoms with Gasteiger partial charge in [0.25, 0.3) is 0 Å². The van der Waals surface area contributed by atoms with Crippen LogP contribution in [0.1, 0.15) is 58.4 Å². The fourth-order valence-corrected chi connectivity index (χ4v) is 6.57. The van der Waals surface area contributed by atoms with Gasteiger partial charge >= 0.3 is 0 Å². The van der Waals surface area contributed by atoms with Crippen LogP contribution in [0.3, 0.4) is 0 Å². The monoisotopic (exact) mass is 558 g/mol. The van der Waals surface area contributed by atoms with E-state index in [0.29, 0.717) is 0 Å². The van der Waals surface area contributed by atoms with Gasteiger partial charge in [0.1, 0.15) is 11.2 Å². The van der Waals surface area contributed by atoms with Crippen molar-refractivity contribution in [1.29, 1.82) is 0 Å². The number of rotatable bonds is 10. The first-order valence-corrected chi connectivity index (χ1v) is 15.3. The second kappa shape index (κ2) is 12.7. The molecule has 0 saturated heterocycles. The van der Waals surface area contributed by atoms with Gasteiger partial charge in [0.05, 0.1) is 0 Å². The van der Waals surface area contributed by atoms with Gasteiger partial charge < -0.3 is 4.74 Å². The number of aryl methyl sites for hydroxylation is 2. The van der Waals surface area contributed by atoms with Crippen LogP contribution in [0, 0.1) is 0 Å². The molecule has 0 N–H and O–H groups in total. The van der Waals surface area contributed by atoms with Crippen LogP contribution < -0.4 is 0 Å². The molecule has 0 saturated carbocycles. The molecule has 1 heteroatoms. The molecule has 212 valence electrons. The molecule has 0 aliphatic carbocycles. The first-order valence-electron chi connectivity index (χ1n) is 15.3. The van der Waals surface area contributed by atoms with E-state index in [0.717, 1.165) is 46.2 Å². The summed E-state index contributed by atoms with van der Waals surface area (Å²) in [5, 5.41) is 0. The molecule has 0 heterocycles. The molecule has 6 rings (SSSR count). The maximum atomic E-state index is 8.23. The Hall–Kier alpha value is -4.72. The van der Waals surface area contributed by atoms with Gasteiger partial charge in [-0.1, -0.05) is 184 Å². The predicted molar refractivity (Wildman–Crippen MR) is 178 cm³/mol. The summed E-state index contributed by atoms with van der Waals surface area (Å²) < 4.78 is 8.23. The van der Waals surface area contributed by atoms with Crippen molar-refractivity contribution in [2.45, 2.75) is 37.9 Å². The van der Waals surface area contributed by atoms with Crippen LogP contribution in [-0.4, -0.2) is 0 Å². The zero-order chi connectivity index (χ0) is 29.5. The Morgan fingerprint density at radius 3 is 0.884 bits per heavy atom. The molecule has 0 atom stereocenters. The molecule has 0 radical (unpaired) electrons. The van der Waals surface area contributed by atoms with Crippen molar-refractivity contribution >= 4 is 0 Å². The summed E-state index contributed by atoms with van der Waals surface area (Å²) in [7, 11) is 0. The van der Waals surface area contributed by atoms with Crippen LogP contribution in [-0.2, 0) is 28.8 Å². The fourth-order valence-electron chi connectivity index (χ4n) is 6.57. The van der Waals surface area contributed by atoms with Gasteiger partial charge in [0.2, 0.25) is 0 Å². The maximum Gasteiger partial charge on any atom is 0.146 e. The lowest BCUT2D eigenvalue weighted by Gasteiger charge is -2.47. The second-order valence-electron chi connectivity index (χ2n) is 10.9. The van der Waals surface area contributed by atoms with Gasteiger partial charge in [-0.3, -0.25) is 0 Å². The highest BCUT2D eigenvalue weighted by atomic mass is 16.5. The van der Waals surface area contributed by atoms with E-state index in [1.165, 1.54) is 11.1 Å². The molecular formula is C42H38O. The van der Waals surface area contributed by atoms with Crippen molar-refractivity contribution in [3.63, 3.8) is 0 Å². The van der Waals surface area contributed by atoms with Crippen LogP contribution in [0.2, 0.25) is 0 Å². The summed E-state index contributed by atoms with van der Waals surface area (Å²) >= 11 is 0. The van der Waals surface area contributed by atoms with E-state index in [-0.39, 0.29) is 0 Å². The van der Waals surface area contributed by atoms with Crippen LogP contribution in [0.4, 0.5) is 0 Å². The molecule has 0 aliphatic rings. The number of benzene rings is 6. The highest BCUT2D eigenvalue weighted by molar-refractivity contribution is 5.55. The van der Waals surface area contributed by atoms with E-state index in [1.54, 1.807) is 0 Å². The Bertz CT molecular complexity index is 1530. The standard InChI is InChI=1S/C42H38O/c1-3-33-21-17-19-31-39(33)41(35-23-9-5-10-24-35,36-25-11-6-12-26-36)43-42(37-27-13-7-14-28-37,38-29-15-8-16-30-38)40-32-20-18-22-34(40)4-2/h5-32H,3-4H2,1-2H3. The minimum atomic E-state index is -0.943. The summed E-state index contributed by atoms with van der Waals surface area (Å²) in [5.74, 6) is 0. The van der Waals surface area contributed by atoms with Gasteiger partial charge in [-0.25, -0.2) is 0 Å². The van der Waals surface area contributed by atoms with Crippen molar-refractivity contribution in [3.05, 3.63) is 214 Å². The zero-order valence-corrected chi connectivity index (χ0v) is 25.0. The topological polar surface area (TPSA) is 9.23 Å². The molecule has 6 aromatic rings. The smallest absolute Gasteiger partial charge is 0.146 e. The van der Waals surface area contributed by atoms with E-state index < -0.39 is 11.2 Å². The lowest BCUT2D eigenvalue weighted by molar-refractivity contribution is -0.0817. The van der Waals surface area contributed by atoms with Crippen molar-refractivity contribution in [2.75, 3.05) is 0 Å². The first kappa shape index (κ1) is 28.4. The van der Waals surface area contributed by atoms with Crippen LogP contribution in [0.15, 0.2) is 170 Å². The number of hydrogen-bond acceptors (Lipinski definition) is 1. The number of hydrogen-bond donors (Lipinski definition) is 0. The third-order valence-corrected chi connectivity index (χ3v) is 8.58. The van der Waals surface area contributed by atoms with E-state index in [9.17, 15) is 0 Å². The molecule has 0 aromatic heterocycles. The van der Waals surface area contributed by atoms with E-state index >= 15 is 0 Å². The molecular weight excluding hydrogens is 520 g/mol. The number of ether oxygens (including phenoxy) is 1. The molecule has 0 fully saturated rings. The van der Waals surface area contributed by atoms with Gasteiger partial charge in [0, 0.05) is 0 Å². The van der Waals surface area contributed by atoms with E-state index in [4.69, 9.17) is 4.74 Å². The van der Waals surface area contributed by atoms with Gasteiger partial charge in [0.15, 0.2) is 0 Å². The fraction of sp³-hybridized carbons (Fsp3) is 0.143. The minimum absolute atomic E-state index is 0.885. The largest absolute Gasteiger partial charge is 0.340 e. The first-order chi connectivity index (χ1) is 21.2. The minimum Gasteiger partial charge on any atom is -0.340 e. The Labute approximate surface area is 256 Å². The van der Waals surface area contributed by atoms with E-state index in [1.807, 2.05) is 0 Å². The zero-order valence-electron chi connectivity index (χ0n) is 25.0. The molecule has 43 heavy (non-hydrogen) atoms. The predicted octanol–water partition coefficient (Wildman–Crippen LogP) is 10.1. The molecule has 0 bridgehead atoms. The molecule has 6 aromatic carbocycles. The van der Waals surface area contributed by atoms with E-state index in [2.05, 4.69) is 184 Å². The van der Waals surface area contributed by atoms with Gasteiger partial charge in [-0.2, -0.15) is 0 Å². The van der Waals surface area contributed by atoms with Crippen molar-refractivity contribution in [2.24, 2.45) is 0 Å². The highest BCUT2D eigenvalue weighted by Gasteiger charge is 2.50. The average molecular weight is 559 g/mol. The Morgan fingerprint density at radius 2 is 0.605 bits per heavy atom. The Morgan fingerprint density at radius 1 is 0.349 bits per heavy atom. The Kier molecular flexibility index (Phi) is 8.36. The highest BCUT2D eigenvalue weighted by Crippen LogP contribution is 2.52. The summed E-state index contributed by atoms with van der Waals surface area (Å²) in [4.78, 5) is 0. The SMILES string of the molecule is CCc1ccccc1C(OC(c1ccccc1)(c1ccccc1)c1ccccc1CC)(c1ccccc1)c1ccccc1. The Balaban J connectivity index is 1.82. The summed E-state index contributed by atoms with van der Waals surface area (Å²) in [6.45, 7) is 4.46. The van der Waals surface area contributed by atoms with Gasteiger partial charge in [-0.15, -0.1) is 0 Å². The normalized spacial score (nSPS) is 11.8. The summed E-state index contributed by atoms with van der Waals surface area (Å²) in [6.07, 6.45) is 1.77. The van der Waals surface area contributed by atoms with Crippen LogP contribution in [0.25, 0.3) is 0 Å². The van der Waals surface area contributed by atoms with Crippen molar-refractivity contribution in [3.8, 4) is 0 Å². The molecule has 0 amide bonds. The third-order valence-electron chi connectivity index (χ3n) is 8.58. The molecule has 0 unspecified atom stereocenters. The van der Waals surface area contributed by atoms with Crippen LogP contribution >= 0.6 is 0 Å². The lowest BCUT2D eigenvalue weighted by Crippen LogP contribution is -2.45. The molecule has 0 aliphatic heterocycles. The average Bonchev–Trinajstić information content (AvgIpc) is 3.11. The second-order valence-corrected chi connectivity index (χ2v) is 10.9. The lowest BCUT2D eigenvalue weighted by atomic mass is 9.73. The quantitative estimate of drug-likeness (QED) is 0.152. The van der Waals surface area contributed by atoms with Crippen LogP contribution in [0.5, 0.6) is 0 Å². The van der Waals surface area contributed by atoms with Gasteiger partial charge in [-0.05, 0) is 57.3 Å².